The van der Waals surface area contributed by atoms with Gasteiger partial charge in [-0.3, -0.25) is 9.59 Å². The van der Waals surface area contributed by atoms with Crippen molar-refractivity contribution in [1.82, 2.24) is 4.57 Å². The summed E-state index contributed by atoms with van der Waals surface area (Å²) in [5, 5.41) is 3.32. The molecule has 2 heterocycles. The van der Waals surface area contributed by atoms with Crippen LogP contribution in [0.15, 0.2) is 66.7 Å². The van der Waals surface area contributed by atoms with Crippen molar-refractivity contribution in [3.63, 3.8) is 0 Å². The third-order valence-corrected chi connectivity index (χ3v) is 4.99. The van der Waals surface area contributed by atoms with Crippen LogP contribution < -0.4 is 10.1 Å². The number of ether oxygens (including phenoxy) is 1. The Hall–Kier alpha value is -3.34. The Morgan fingerprint density at radius 2 is 1.82 bits per heavy atom. The summed E-state index contributed by atoms with van der Waals surface area (Å²) in [6.45, 7) is 3.61. The summed E-state index contributed by atoms with van der Waals surface area (Å²) in [5.74, 6) is 0.653. The Balaban J connectivity index is 1.44. The zero-order valence-electron chi connectivity index (χ0n) is 15.7. The number of fused-ring (bicyclic) bond motifs is 1. The van der Waals surface area contributed by atoms with E-state index in [1.165, 1.54) is 0 Å². The van der Waals surface area contributed by atoms with Gasteiger partial charge in [0.05, 0.1) is 23.9 Å². The molecule has 142 valence electrons. The highest BCUT2D eigenvalue weighted by Crippen LogP contribution is 2.26. The van der Waals surface area contributed by atoms with E-state index in [0.717, 1.165) is 11.4 Å². The summed E-state index contributed by atoms with van der Waals surface area (Å²) >= 11 is 0. The summed E-state index contributed by atoms with van der Waals surface area (Å²) in [6, 6.07) is 20.4. The first-order valence-electron chi connectivity index (χ1n) is 9.47. The number of rotatable bonds is 7. The van der Waals surface area contributed by atoms with Gasteiger partial charge in [0.25, 0.3) is 0 Å². The van der Waals surface area contributed by atoms with Crippen LogP contribution in [-0.4, -0.2) is 29.3 Å². The fourth-order valence-electron chi connectivity index (χ4n) is 3.56. The third-order valence-electron chi connectivity index (χ3n) is 4.99. The molecular weight excluding hydrogens is 352 g/mol. The van der Waals surface area contributed by atoms with E-state index in [1.807, 2.05) is 54.0 Å². The van der Waals surface area contributed by atoms with Crippen LogP contribution in [0, 0.1) is 5.92 Å². The van der Waals surface area contributed by atoms with Crippen molar-refractivity contribution in [1.29, 1.82) is 0 Å². The highest BCUT2D eigenvalue weighted by Gasteiger charge is 2.33. The molecule has 28 heavy (non-hydrogen) atoms. The highest BCUT2D eigenvalue weighted by molar-refractivity contribution is 6.10. The van der Waals surface area contributed by atoms with Gasteiger partial charge in [-0.15, -0.1) is 0 Å². The van der Waals surface area contributed by atoms with Crippen LogP contribution in [0.5, 0.6) is 5.75 Å². The maximum absolute atomic E-state index is 12.8. The third kappa shape index (κ3) is 3.43. The highest BCUT2D eigenvalue weighted by atomic mass is 16.5. The van der Waals surface area contributed by atoms with Gasteiger partial charge in [-0.1, -0.05) is 30.3 Å². The summed E-state index contributed by atoms with van der Waals surface area (Å²) < 4.78 is 7.29. The monoisotopic (exact) mass is 374 g/mol. The molecule has 0 saturated heterocycles. The Bertz CT molecular complexity index is 990. The topological polar surface area (TPSA) is 60.3 Å². The van der Waals surface area contributed by atoms with Crippen molar-refractivity contribution < 1.29 is 14.3 Å². The van der Waals surface area contributed by atoms with Crippen LogP contribution in [0.3, 0.4) is 0 Å². The summed E-state index contributed by atoms with van der Waals surface area (Å²) in [5.41, 5.74) is 2.75. The zero-order chi connectivity index (χ0) is 19.5. The molecule has 1 aromatic heterocycles. The second-order valence-corrected chi connectivity index (χ2v) is 6.81. The van der Waals surface area contributed by atoms with Crippen molar-refractivity contribution in [2.45, 2.75) is 13.5 Å². The van der Waals surface area contributed by atoms with Gasteiger partial charge in [0, 0.05) is 24.3 Å². The summed E-state index contributed by atoms with van der Waals surface area (Å²) in [6.07, 6.45) is 0. The van der Waals surface area contributed by atoms with Crippen LogP contribution in [0.25, 0.3) is 0 Å². The average molecular weight is 374 g/mol. The number of carbonyl (C=O) groups is 2. The molecule has 0 saturated carbocycles. The van der Waals surface area contributed by atoms with Crippen LogP contribution in [0.4, 0.5) is 5.69 Å². The number of hydrogen-bond acceptors (Lipinski definition) is 4. The molecular formula is C23H22N2O3. The number of carbonyl (C=O) groups excluding carboxylic acids is 2. The number of benzene rings is 2. The van der Waals surface area contributed by atoms with Crippen molar-refractivity contribution in [2.24, 2.45) is 5.92 Å². The molecule has 0 radical (unpaired) electrons. The Morgan fingerprint density at radius 1 is 1.07 bits per heavy atom. The molecule has 1 unspecified atom stereocenters. The number of aromatic nitrogens is 1. The second kappa shape index (κ2) is 7.72. The first-order valence-corrected chi connectivity index (χ1v) is 9.47. The van der Waals surface area contributed by atoms with Gasteiger partial charge in [-0.2, -0.15) is 0 Å². The smallest absolute Gasteiger partial charge is 0.209 e. The molecule has 1 N–H and O–H groups in total. The van der Waals surface area contributed by atoms with Crippen molar-refractivity contribution >= 4 is 17.3 Å². The van der Waals surface area contributed by atoms with Gasteiger partial charge in [0.15, 0.2) is 5.78 Å². The molecule has 0 amide bonds. The number of nitrogens with one attached hydrogen (secondary N) is 1. The molecule has 0 bridgehead atoms. The van der Waals surface area contributed by atoms with Crippen LogP contribution in [0.1, 0.15) is 33.5 Å². The Kier molecular flexibility index (Phi) is 4.98. The van der Waals surface area contributed by atoms with Crippen LogP contribution >= 0.6 is 0 Å². The number of anilines is 1. The van der Waals surface area contributed by atoms with Gasteiger partial charge >= 0.3 is 0 Å². The Morgan fingerprint density at radius 3 is 2.54 bits per heavy atom. The van der Waals surface area contributed by atoms with Crippen molar-refractivity contribution in [3.05, 3.63) is 83.7 Å². The van der Waals surface area contributed by atoms with E-state index in [0.29, 0.717) is 36.6 Å². The second-order valence-electron chi connectivity index (χ2n) is 6.81. The minimum Gasteiger partial charge on any atom is -0.494 e. The Labute approximate surface area is 163 Å². The average Bonchev–Trinajstić information content (AvgIpc) is 3.28. The molecule has 5 nitrogen and oxygen atoms in total. The largest absolute Gasteiger partial charge is 0.494 e. The van der Waals surface area contributed by atoms with E-state index in [9.17, 15) is 9.59 Å². The van der Waals surface area contributed by atoms with Gasteiger partial charge in [0.1, 0.15) is 5.75 Å². The molecule has 0 fully saturated rings. The van der Waals surface area contributed by atoms with Gasteiger partial charge < -0.3 is 14.6 Å². The molecule has 4 rings (SSSR count). The van der Waals surface area contributed by atoms with Crippen LogP contribution in [0.2, 0.25) is 0 Å². The first-order chi connectivity index (χ1) is 13.7. The molecule has 1 atom stereocenters. The maximum atomic E-state index is 12.8. The SMILES string of the molecule is CCOc1ccc(NCC2Cn3c(C(=O)c4ccccc4)ccc3C2=O)cc1. The fraction of sp³-hybridized carbons (Fsp3) is 0.217. The van der Waals surface area contributed by atoms with E-state index < -0.39 is 0 Å². The lowest BCUT2D eigenvalue weighted by Gasteiger charge is -2.12. The van der Waals surface area contributed by atoms with Gasteiger partial charge in [-0.25, -0.2) is 0 Å². The van der Waals surface area contributed by atoms with Gasteiger partial charge in [0.2, 0.25) is 5.78 Å². The lowest BCUT2D eigenvalue weighted by Crippen LogP contribution is -2.21. The molecule has 0 aliphatic carbocycles. The lowest BCUT2D eigenvalue weighted by molar-refractivity contribution is 0.0941. The fourth-order valence-corrected chi connectivity index (χ4v) is 3.56. The minimum absolute atomic E-state index is 0.0558. The predicted octanol–water partition coefficient (Wildman–Crippen LogP) is 4.04. The van der Waals surface area contributed by atoms with E-state index in [-0.39, 0.29) is 17.5 Å². The molecule has 1 aliphatic rings. The molecule has 5 heteroatoms. The summed E-state index contributed by atoms with van der Waals surface area (Å²) in [4.78, 5) is 25.5. The normalized spacial score (nSPS) is 15.3. The molecule has 0 spiro atoms. The minimum atomic E-state index is -0.190. The zero-order valence-corrected chi connectivity index (χ0v) is 15.7. The number of ketones is 2. The maximum Gasteiger partial charge on any atom is 0.209 e. The molecule has 3 aromatic rings. The van der Waals surface area contributed by atoms with E-state index in [1.54, 1.807) is 24.3 Å². The summed E-state index contributed by atoms with van der Waals surface area (Å²) in [7, 11) is 0. The standard InChI is InChI=1S/C23H22N2O3/c1-2-28-19-10-8-18(9-11-19)24-14-17-15-25-20(12-13-21(25)23(17)27)22(26)16-6-4-3-5-7-16/h3-13,17,24H,2,14-15H2,1H3. The van der Waals surface area contributed by atoms with E-state index in [4.69, 9.17) is 4.74 Å². The van der Waals surface area contributed by atoms with Crippen LogP contribution in [-0.2, 0) is 6.54 Å². The number of hydrogen-bond donors (Lipinski definition) is 1. The number of nitrogens with zero attached hydrogens (tertiary/aromatic N) is 1. The molecule has 2 aromatic carbocycles. The lowest BCUT2D eigenvalue weighted by atomic mass is 10.0. The number of Topliss-reactive ketones (excluding diaryl/α,β-unsaturated/α-hetero) is 1. The molecule has 1 aliphatic heterocycles. The van der Waals surface area contributed by atoms with Crippen molar-refractivity contribution in [3.8, 4) is 5.75 Å². The van der Waals surface area contributed by atoms with E-state index in [2.05, 4.69) is 5.32 Å². The quantitative estimate of drug-likeness (QED) is 0.634. The van der Waals surface area contributed by atoms with E-state index >= 15 is 0 Å². The predicted molar refractivity (Wildman–Crippen MR) is 108 cm³/mol. The van der Waals surface area contributed by atoms with Crippen molar-refractivity contribution in [2.75, 3.05) is 18.5 Å². The first kappa shape index (κ1) is 18.0. The van der Waals surface area contributed by atoms with Gasteiger partial charge in [-0.05, 0) is 43.3 Å².